The number of benzene rings is 1. The third-order valence-electron chi connectivity index (χ3n) is 1.90. The van der Waals surface area contributed by atoms with Crippen molar-refractivity contribution in [2.45, 2.75) is 13.5 Å². The number of amides is 2. The molecule has 1 aromatic rings. The number of hydrogen-bond acceptors (Lipinski definition) is 2. The first-order chi connectivity index (χ1) is 7.59. The van der Waals surface area contributed by atoms with Crippen LogP contribution in [0.5, 0.6) is 0 Å². The molecule has 1 aromatic carbocycles. The maximum Gasteiger partial charge on any atom is 0.267 e. The molecule has 2 N–H and O–H groups in total. The van der Waals surface area contributed by atoms with Gasteiger partial charge in [-0.1, -0.05) is 36.9 Å². The molecular weight excluding hydrogens is 205 g/mol. The first kappa shape index (κ1) is 12.0. The zero-order valence-electron chi connectivity index (χ0n) is 9.12. The van der Waals surface area contributed by atoms with E-state index in [1.165, 1.54) is 6.92 Å². The Balaban J connectivity index is 2.41. The van der Waals surface area contributed by atoms with Crippen LogP contribution in [-0.4, -0.2) is 11.8 Å². The molecule has 0 atom stereocenters. The summed E-state index contributed by atoms with van der Waals surface area (Å²) in [5.41, 5.74) is 1.05. The molecule has 0 aliphatic rings. The standard InChI is InChI=1S/C12H14N2O2/c1-9(14-10(2)15)12(16)13-8-11-6-4-3-5-7-11/h3-7H,1,8H2,2H3,(H,13,16)(H,14,15)/i14+1. The van der Waals surface area contributed by atoms with Crippen LogP contribution in [0.2, 0.25) is 0 Å². The minimum absolute atomic E-state index is 0.0587. The molecule has 2 amide bonds. The van der Waals surface area contributed by atoms with Gasteiger partial charge in [0.25, 0.3) is 5.91 Å². The predicted octanol–water partition coefficient (Wildman–Crippen LogP) is 0.953. The third-order valence-corrected chi connectivity index (χ3v) is 1.90. The quantitative estimate of drug-likeness (QED) is 0.585. The summed E-state index contributed by atoms with van der Waals surface area (Å²) in [4.78, 5) is 22.1. The van der Waals surface area contributed by atoms with Crippen LogP contribution in [0, 0.1) is 0 Å². The molecule has 0 saturated carbocycles. The highest BCUT2D eigenvalue weighted by atomic mass is 16.2. The lowest BCUT2D eigenvalue weighted by molar-refractivity contribution is -0.122. The van der Waals surface area contributed by atoms with Crippen LogP contribution in [0.3, 0.4) is 0 Å². The summed E-state index contributed by atoms with van der Waals surface area (Å²) in [7, 11) is 0. The molecule has 84 valence electrons. The Bertz CT molecular complexity index is 399. The lowest BCUT2D eigenvalue weighted by atomic mass is 10.2. The maximum atomic E-state index is 11.4. The SMILES string of the molecule is C=C([15NH]C(C)=O)C(=O)NCc1ccccc1. The molecule has 0 aromatic heterocycles. The smallest absolute Gasteiger partial charge is 0.267 e. The first-order valence-electron chi connectivity index (χ1n) is 4.88. The second kappa shape index (κ2) is 5.70. The van der Waals surface area contributed by atoms with Crippen molar-refractivity contribution in [3.8, 4) is 0 Å². The van der Waals surface area contributed by atoms with Crippen molar-refractivity contribution >= 4 is 11.8 Å². The number of hydrogen-bond donors (Lipinski definition) is 2. The van der Waals surface area contributed by atoms with Crippen LogP contribution in [-0.2, 0) is 16.1 Å². The van der Waals surface area contributed by atoms with E-state index in [0.29, 0.717) is 6.54 Å². The highest BCUT2D eigenvalue weighted by molar-refractivity contribution is 5.96. The van der Waals surface area contributed by atoms with E-state index in [-0.39, 0.29) is 17.5 Å². The molecule has 0 bridgehead atoms. The van der Waals surface area contributed by atoms with E-state index in [1.807, 2.05) is 30.3 Å². The van der Waals surface area contributed by atoms with Crippen LogP contribution in [0.15, 0.2) is 42.6 Å². The second-order valence-electron chi connectivity index (χ2n) is 3.33. The molecule has 4 heteroatoms. The number of nitrogens with one attached hydrogen (secondary N) is 2. The van der Waals surface area contributed by atoms with E-state index in [0.717, 1.165) is 5.56 Å². The zero-order valence-corrected chi connectivity index (χ0v) is 9.12. The second-order valence-corrected chi connectivity index (χ2v) is 3.33. The van der Waals surface area contributed by atoms with Gasteiger partial charge in [0.1, 0.15) is 0 Å². The van der Waals surface area contributed by atoms with Crippen molar-refractivity contribution in [1.29, 1.82) is 0 Å². The molecule has 0 spiro atoms. The Morgan fingerprint density at radius 2 is 1.88 bits per heavy atom. The Labute approximate surface area is 94.4 Å². The van der Waals surface area contributed by atoms with Crippen LogP contribution in [0.4, 0.5) is 0 Å². The predicted molar refractivity (Wildman–Crippen MR) is 61.2 cm³/mol. The fourth-order valence-electron chi connectivity index (χ4n) is 1.15. The van der Waals surface area contributed by atoms with Crippen molar-refractivity contribution in [3.05, 3.63) is 48.2 Å². The summed E-state index contributed by atoms with van der Waals surface area (Å²) in [5, 5.41) is 4.98. The molecule has 0 aliphatic heterocycles. The van der Waals surface area contributed by atoms with Crippen molar-refractivity contribution in [3.63, 3.8) is 0 Å². The van der Waals surface area contributed by atoms with Crippen LogP contribution in [0.25, 0.3) is 0 Å². The van der Waals surface area contributed by atoms with Gasteiger partial charge in [-0.2, -0.15) is 0 Å². The van der Waals surface area contributed by atoms with Gasteiger partial charge in [0, 0.05) is 13.5 Å². The van der Waals surface area contributed by atoms with Crippen molar-refractivity contribution in [1.82, 2.24) is 10.6 Å². The van der Waals surface area contributed by atoms with Gasteiger partial charge in [-0.3, -0.25) is 9.59 Å². The van der Waals surface area contributed by atoms with Gasteiger partial charge >= 0.3 is 0 Å². The van der Waals surface area contributed by atoms with Gasteiger partial charge < -0.3 is 10.6 Å². The number of carbonyl (C=O) groups excluding carboxylic acids is 2. The van der Waals surface area contributed by atoms with Gasteiger partial charge in [0.2, 0.25) is 5.91 Å². The van der Waals surface area contributed by atoms with Crippen molar-refractivity contribution < 1.29 is 9.59 Å². The summed E-state index contributed by atoms with van der Waals surface area (Å²) in [6.45, 7) is 5.21. The topological polar surface area (TPSA) is 58.2 Å². The van der Waals surface area contributed by atoms with Crippen molar-refractivity contribution in [2.24, 2.45) is 0 Å². The first-order valence-corrected chi connectivity index (χ1v) is 4.88. The van der Waals surface area contributed by atoms with Gasteiger partial charge in [-0.15, -0.1) is 0 Å². The molecule has 0 heterocycles. The third kappa shape index (κ3) is 3.96. The Morgan fingerprint density at radius 1 is 1.25 bits per heavy atom. The van der Waals surface area contributed by atoms with Crippen LogP contribution in [0.1, 0.15) is 12.5 Å². The van der Waals surface area contributed by atoms with Gasteiger partial charge in [0.05, 0.1) is 5.70 Å². The summed E-state index contributed by atoms with van der Waals surface area (Å²) < 4.78 is 0. The van der Waals surface area contributed by atoms with E-state index in [1.54, 1.807) is 0 Å². The van der Waals surface area contributed by atoms with Gasteiger partial charge in [-0.05, 0) is 5.56 Å². The van der Waals surface area contributed by atoms with E-state index >= 15 is 0 Å². The van der Waals surface area contributed by atoms with Crippen molar-refractivity contribution in [2.75, 3.05) is 0 Å². The van der Waals surface area contributed by atoms with E-state index < -0.39 is 0 Å². The Kier molecular flexibility index (Phi) is 4.27. The zero-order chi connectivity index (χ0) is 12.0. The monoisotopic (exact) mass is 219 g/mol. The highest BCUT2D eigenvalue weighted by Gasteiger charge is 2.06. The summed E-state index contributed by atoms with van der Waals surface area (Å²) >= 11 is 0. The number of rotatable bonds is 4. The van der Waals surface area contributed by atoms with Crippen LogP contribution < -0.4 is 10.6 Å². The lowest BCUT2D eigenvalue weighted by Gasteiger charge is -2.07. The summed E-state index contributed by atoms with van der Waals surface area (Å²) in [6.07, 6.45) is 0. The molecule has 0 aliphatic carbocycles. The highest BCUT2D eigenvalue weighted by Crippen LogP contribution is 1.97. The molecule has 0 saturated heterocycles. The fraction of sp³-hybridized carbons (Fsp3) is 0.167. The van der Waals surface area contributed by atoms with E-state index in [9.17, 15) is 9.59 Å². The molecule has 0 unspecified atom stereocenters. The molecule has 0 fully saturated rings. The average molecular weight is 219 g/mol. The molecule has 1 rings (SSSR count). The largest absolute Gasteiger partial charge is 0.347 e. The van der Waals surface area contributed by atoms with E-state index in [4.69, 9.17) is 0 Å². The summed E-state index contributed by atoms with van der Waals surface area (Å²) in [6, 6.07) is 9.50. The van der Waals surface area contributed by atoms with Crippen LogP contribution >= 0.6 is 0 Å². The fourth-order valence-corrected chi connectivity index (χ4v) is 1.15. The summed E-state index contributed by atoms with van der Waals surface area (Å²) in [5.74, 6) is -0.682. The van der Waals surface area contributed by atoms with E-state index in [2.05, 4.69) is 17.2 Å². The van der Waals surface area contributed by atoms with Gasteiger partial charge in [0.15, 0.2) is 0 Å². The maximum absolute atomic E-state index is 11.4. The number of carbonyl (C=O) groups is 2. The minimum atomic E-state index is -0.376. The minimum Gasteiger partial charge on any atom is -0.347 e. The lowest BCUT2D eigenvalue weighted by Crippen LogP contribution is -2.32. The molecule has 4 nitrogen and oxygen atoms in total. The Morgan fingerprint density at radius 3 is 2.44 bits per heavy atom. The van der Waals surface area contributed by atoms with Gasteiger partial charge in [-0.25, -0.2) is 0 Å². The average Bonchev–Trinajstić information content (AvgIpc) is 2.26. The molecule has 0 radical (unpaired) electrons. The normalized spacial score (nSPS) is 9.31. The molecular formula is C12H14N2O2. The molecule has 16 heavy (non-hydrogen) atoms. The Hall–Kier alpha value is -2.10.